The average molecular weight is 453 g/mol. The van der Waals surface area contributed by atoms with E-state index in [1.165, 1.54) is 18.2 Å². The fraction of sp³-hybridized carbons (Fsp3) is 0.118. The van der Waals surface area contributed by atoms with E-state index in [4.69, 9.17) is 23.2 Å². The molecule has 3 aromatic rings. The molecule has 148 valence electrons. The number of rotatable bonds is 4. The van der Waals surface area contributed by atoms with Crippen LogP contribution in [0.3, 0.4) is 0 Å². The van der Waals surface area contributed by atoms with E-state index in [2.05, 4.69) is 9.97 Å². The lowest BCUT2D eigenvalue weighted by atomic mass is 10.0. The van der Waals surface area contributed by atoms with Gasteiger partial charge in [0.1, 0.15) is 16.5 Å². The number of hydrogen-bond acceptors (Lipinski definition) is 3. The van der Waals surface area contributed by atoms with Crippen LogP contribution in [0.25, 0.3) is 22.5 Å². The Bertz CT molecular complexity index is 1160. The van der Waals surface area contributed by atoms with Gasteiger partial charge in [-0.15, -0.1) is 0 Å². The smallest absolute Gasteiger partial charge is 0.295 e. The number of H-pyrrole nitrogens is 1. The molecule has 0 atom stereocenters. The van der Waals surface area contributed by atoms with Gasteiger partial charge in [0.2, 0.25) is 0 Å². The minimum absolute atomic E-state index is 0.148. The van der Waals surface area contributed by atoms with E-state index in [0.29, 0.717) is 12.1 Å². The summed E-state index contributed by atoms with van der Waals surface area (Å²) in [6.45, 7) is 0. The second-order valence-electron chi connectivity index (χ2n) is 5.84. The lowest BCUT2D eigenvalue weighted by Crippen LogP contribution is -2.03. The Hall–Kier alpha value is -2.10. The summed E-state index contributed by atoms with van der Waals surface area (Å²) >= 11 is 11.8. The predicted molar refractivity (Wildman–Crippen MR) is 97.5 cm³/mol. The normalized spacial score (nSPS) is 12.0. The van der Waals surface area contributed by atoms with Crippen LogP contribution in [-0.4, -0.2) is 24.6 Å². The zero-order chi connectivity index (χ0) is 20.8. The molecule has 3 rings (SSSR count). The second-order valence-corrected chi connectivity index (χ2v) is 8.70. The molecular formula is C17H10Cl2F4N2O2S. The lowest BCUT2D eigenvalue weighted by Gasteiger charge is -2.08. The third-order valence-electron chi connectivity index (χ3n) is 3.76. The summed E-state index contributed by atoms with van der Waals surface area (Å²) in [7, 11) is -4.03. The number of imidazole rings is 1. The quantitative estimate of drug-likeness (QED) is 0.518. The molecular weight excluding hydrogens is 443 g/mol. The van der Waals surface area contributed by atoms with Crippen LogP contribution < -0.4 is 0 Å². The molecule has 1 N–H and O–H groups in total. The van der Waals surface area contributed by atoms with Crippen molar-refractivity contribution in [3.63, 3.8) is 0 Å². The van der Waals surface area contributed by atoms with Gasteiger partial charge in [-0.1, -0.05) is 23.2 Å². The van der Waals surface area contributed by atoms with Crippen LogP contribution in [0.5, 0.6) is 0 Å². The van der Waals surface area contributed by atoms with Crippen molar-refractivity contribution in [3.8, 4) is 22.5 Å². The first-order valence-corrected chi connectivity index (χ1v) is 10.2. The first-order chi connectivity index (χ1) is 13.0. The number of aromatic nitrogens is 2. The Kier molecular flexibility index (Phi) is 5.44. The summed E-state index contributed by atoms with van der Waals surface area (Å²) < 4.78 is 78.3. The summed E-state index contributed by atoms with van der Waals surface area (Å²) in [5.74, 6) is -3.16. The van der Waals surface area contributed by atoms with Crippen molar-refractivity contribution in [1.82, 2.24) is 9.97 Å². The van der Waals surface area contributed by atoms with Crippen molar-refractivity contribution in [2.24, 2.45) is 0 Å². The molecule has 0 aliphatic heterocycles. The van der Waals surface area contributed by atoms with Crippen molar-refractivity contribution in [3.05, 3.63) is 57.8 Å². The first-order valence-electron chi connectivity index (χ1n) is 7.51. The summed E-state index contributed by atoms with van der Waals surface area (Å²) in [6, 6.07) is 5.21. The highest BCUT2D eigenvalue weighted by atomic mass is 35.5. The van der Waals surface area contributed by atoms with Crippen molar-refractivity contribution in [2.75, 3.05) is 6.26 Å². The topological polar surface area (TPSA) is 62.8 Å². The zero-order valence-corrected chi connectivity index (χ0v) is 16.2. The van der Waals surface area contributed by atoms with Gasteiger partial charge in [0.25, 0.3) is 6.43 Å². The molecule has 0 spiro atoms. The molecule has 1 aromatic heterocycles. The van der Waals surface area contributed by atoms with Gasteiger partial charge in [-0.3, -0.25) is 0 Å². The van der Waals surface area contributed by atoms with E-state index in [9.17, 15) is 26.0 Å². The number of benzene rings is 2. The van der Waals surface area contributed by atoms with Crippen LogP contribution in [0.15, 0.2) is 35.2 Å². The van der Waals surface area contributed by atoms with Crippen molar-refractivity contribution in [1.29, 1.82) is 0 Å². The minimum Gasteiger partial charge on any atom is -0.337 e. The maximum absolute atomic E-state index is 14.6. The zero-order valence-electron chi connectivity index (χ0n) is 13.9. The maximum Gasteiger partial charge on any atom is 0.295 e. The fourth-order valence-electron chi connectivity index (χ4n) is 2.59. The number of aromatic amines is 1. The number of nitrogens with zero attached hydrogens (tertiary/aromatic N) is 1. The number of nitrogens with one attached hydrogen (secondary N) is 1. The monoisotopic (exact) mass is 452 g/mol. The molecule has 1 heterocycles. The van der Waals surface area contributed by atoms with Crippen molar-refractivity contribution >= 4 is 33.0 Å². The van der Waals surface area contributed by atoms with Crippen LogP contribution in [-0.2, 0) is 9.84 Å². The van der Waals surface area contributed by atoms with Gasteiger partial charge in [0.15, 0.2) is 15.7 Å². The Morgan fingerprint density at radius 1 is 1.00 bits per heavy atom. The first kappa shape index (κ1) is 20.6. The Balaban J connectivity index is 2.29. The van der Waals surface area contributed by atoms with Gasteiger partial charge >= 0.3 is 0 Å². The summed E-state index contributed by atoms with van der Waals surface area (Å²) in [5.41, 5.74) is -0.715. The fourth-order valence-corrected chi connectivity index (χ4v) is 3.85. The third kappa shape index (κ3) is 4.01. The van der Waals surface area contributed by atoms with Crippen molar-refractivity contribution in [2.45, 2.75) is 11.3 Å². The van der Waals surface area contributed by atoms with Crippen LogP contribution in [0, 0.1) is 11.6 Å². The average Bonchev–Trinajstić information content (AvgIpc) is 3.00. The Morgan fingerprint density at radius 3 is 2.14 bits per heavy atom. The van der Waals surface area contributed by atoms with Gasteiger partial charge in [-0.25, -0.2) is 31.0 Å². The molecule has 0 saturated carbocycles. The SMILES string of the molecule is CS(=O)(=O)c1cc(F)c(-c2[nH]c(C(F)F)nc2-c2cc(Cl)cc(Cl)c2)cc1F. The molecule has 0 unspecified atom stereocenters. The van der Waals surface area contributed by atoms with Gasteiger partial charge in [0.05, 0.1) is 11.4 Å². The van der Waals surface area contributed by atoms with Gasteiger partial charge in [-0.2, -0.15) is 0 Å². The van der Waals surface area contributed by atoms with Crippen LogP contribution in [0.4, 0.5) is 17.6 Å². The molecule has 0 aliphatic rings. The number of halogens is 6. The molecule has 0 radical (unpaired) electrons. The van der Waals surface area contributed by atoms with Gasteiger partial charge in [0, 0.05) is 27.4 Å². The standard InChI is InChI=1S/C17H10Cl2F4N2O2S/c1-28(26,27)13-6-11(20)10(5-12(13)21)15-14(24-17(25-15)16(22)23)7-2-8(18)4-9(19)3-7/h2-6,16H,1H3,(H,24,25). The van der Waals surface area contributed by atoms with E-state index in [1.807, 2.05) is 0 Å². The number of sulfone groups is 1. The lowest BCUT2D eigenvalue weighted by molar-refractivity contribution is 0.141. The number of alkyl halides is 2. The van der Waals surface area contributed by atoms with E-state index in [-0.39, 0.29) is 27.0 Å². The van der Waals surface area contributed by atoms with Crippen LogP contribution in [0.1, 0.15) is 12.2 Å². The van der Waals surface area contributed by atoms with E-state index < -0.39 is 44.2 Å². The highest BCUT2D eigenvalue weighted by Gasteiger charge is 2.25. The number of hydrogen-bond donors (Lipinski definition) is 1. The highest BCUT2D eigenvalue weighted by molar-refractivity contribution is 7.90. The Labute approximate surface area is 167 Å². The molecule has 2 aromatic carbocycles. The van der Waals surface area contributed by atoms with E-state index in [1.54, 1.807) is 0 Å². The highest BCUT2D eigenvalue weighted by Crippen LogP contribution is 2.37. The molecule has 0 amide bonds. The van der Waals surface area contributed by atoms with Crippen LogP contribution >= 0.6 is 23.2 Å². The summed E-state index contributed by atoms with van der Waals surface area (Å²) in [6.07, 6.45) is -2.31. The third-order valence-corrected chi connectivity index (χ3v) is 5.30. The summed E-state index contributed by atoms with van der Waals surface area (Å²) in [4.78, 5) is 5.16. The largest absolute Gasteiger partial charge is 0.337 e. The van der Waals surface area contributed by atoms with Gasteiger partial charge in [-0.05, 0) is 30.3 Å². The second kappa shape index (κ2) is 7.38. The molecule has 11 heteroatoms. The van der Waals surface area contributed by atoms with Crippen molar-refractivity contribution < 1.29 is 26.0 Å². The Morgan fingerprint density at radius 2 is 1.61 bits per heavy atom. The molecule has 0 bridgehead atoms. The molecule has 28 heavy (non-hydrogen) atoms. The molecule has 0 saturated heterocycles. The maximum atomic E-state index is 14.6. The predicted octanol–water partition coefficient (Wildman–Crippen LogP) is 5.67. The van der Waals surface area contributed by atoms with E-state index >= 15 is 0 Å². The summed E-state index contributed by atoms with van der Waals surface area (Å²) in [5, 5.41) is 0.350. The molecule has 4 nitrogen and oxygen atoms in total. The van der Waals surface area contributed by atoms with E-state index in [0.717, 1.165) is 6.26 Å². The minimum atomic E-state index is -4.03. The molecule has 0 aliphatic carbocycles. The molecule has 0 fully saturated rings. The van der Waals surface area contributed by atoms with Crippen LogP contribution in [0.2, 0.25) is 10.0 Å². The van der Waals surface area contributed by atoms with Gasteiger partial charge < -0.3 is 4.98 Å².